The fourth-order valence-corrected chi connectivity index (χ4v) is 1.75. The molecule has 0 aliphatic carbocycles. The summed E-state index contributed by atoms with van der Waals surface area (Å²) in [6.45, 7) is 13.6. The second-order valence-corrected chi connectivity index (χ2v) is 6.85. The third-order valence-corrected chi connectivity index (χ3v) is 2.82. The minimum Gasteiger partial charge on any atom is -0.458 e. The first kappa shape index (κ1) is 17.4. The summed E-state index contributed by atoms with van der Waals surface area (Å²) in [6, 6.07) is 1.34. The van der Waals surface area contributed by atoms with Gasteiger partial charge in [-0.1, -0.05) is 27.7 Å². The summed E-state index contributed by atoms with van der Waals surface area (Å²) in [5.74, 6) is 1.48. The van der Waals surface area contributed by atoms with Gasteiger partial charge in [-0.15, -0.1) is 0 Å². The molecule has 0 amide bonds. The Labute approximate surface area is 127 Å². The molecule has 0 saturated heterocycles. The molecule has 0 saturated carbocycles. The molecule has 0 unspecified atom stereocenters. The number of carbonyl (C=O) groups is 1. The van der Waals surface area contributed by atoms with Crippen LogP contribution in [0.5, 0.6) is 0 Å². The summed E-state index contributed by atoms with van der Waals surface area (Å²) in [6.07, 6.45) is 1.71. The van der Waals surface area contributed by atoms with Crippen LogP contribution in [0.2, 0.25) is 0 Å². The number of carbonyl (C=O) groups excluding carboxylic acids is 1. The molecule has 0 fully saturated rings. The van der Waals surface area contributed by atoms with E-state index in [0.29, 0.717) is 5.82 Å². The highest BCUT2D eigenvalue weighted by Crippen LogP contribution is 2.17. The first-order valence-corrected chi connectivity index (χ1v) is 7.42. The van der Waals surface area contributed by atoms with Crippen LogP contribution < -0.4 is 5.32 Å². The van der Waals surface area contributed by atoms with E-state index in [9.17, 15) is 4.79 Å². The minimum atomic E-state index is -0.499. The Balaban J connectivity index is 2.88. The van der Waals surface area contributed by atoms with Gasteiger partial charge >= 0.3 is 5.97 Å². The van der Waals surface area contributed by atoms with Gasteiger partial charge in [-0.3, -0.25) is 0 Å². The monoisotopic (exact) mass is 293 g/mol. The molecule has 0 aliphatic rings. The fraction of sp³-hybridized carbons (Fsp3) is 0.688. The molecule has 5 nitrogen and oxygen atoms in total. The van der Waals surface area contributed by atoms with Crippen molar-refractivity contribution >= 4 is 11.8 Å². The van der Waals surface area contributed by atoms with Crippen LogP contribution in [0.3, 0.4) is 0 Å². The molecule has 21 heavy (non-hydrogen) atoms. The molecule has 0 aliphatic heterocycles. The van der Waals surface area contributed by atoms with E-state index in [4.69, 9.17) is 4.74 Å². The summed E-state index contributed by atoms with van der Waals surface area (Å²) >= 11 is 0. The molecule has 1 rings (SSSR count). The molecule has 5 heteroatoms. The van der Waals surface area contributed by atoms with E-state index >= 15 is 0 Å². The molecular weight excluding hydrogens is 266 g/mol. The predicted molar refractivity (Wildman–Crippen MR) is 84.2 cm³/mol. The fourth-order valence-electron chi connectivity index (χ4n) is 1.75. The standard InChI is InChI=1S/C16H27N3O2/c1-10(2)13(15(20)21-16(5,6)7)18-12-8-9-17-14(19-12)11(3)4/h8-11,13H,1-7H3,(H,17,18,19)/t13-/m1/s1. The lowest BCUT2D eigenvalue weighted by atomic mass is 10.0. The number of rotatable bonds is 5. The number of aromatic nitrogens is 2. The average molecular weight is 293 g/mol. The lowest BCUT2D eigenvalue weighted by Crippen LogP contribution is -2.40. The second kappa shape index (κ2) is 6.87. The average Bonchev–Trinajstić information content (AvgIpc) is 2.33. The zero-order valence-electron chi connectivity index (χ0n) is 14.1. The van der Waals surface area contributed by atoms with E-state index in [1.807, 2.05) is 48.5 Å². The number of hydrogen-bond acceptors (Lipinski definition) is 5. The molecule has 1 atom stereocenters. The summed E-state index contributed by atoms with van der Waals surface area (Å²) in [7, 11) is 0. The minimum absolute atomic E-state index is 0.0947. The van der Waals surface area contributed by atoms with Gasteiger partial charge in [0.1, 0.15) is 23.3 Å². The maximum atomic E-state index is 12.3. The van der Waals surface area contributed by atoms with Crippen molar-refractivity contribution in [2.75, 3.05) is 5.32 Å². The summed E-state index contributed by atoms with van der Waals surface area (Å²) in [5, 5.41) is 3.17. The summed E-state index contributed by atoms with van der Waals surface area (Å²) < 4.78 is 5.47. The van der Waals surface area contributed by atoms with Gasteiger partial charge < -0.3 is 10.1 Å². The SMILES string of the molecule is CC(C)c1nccc(N[C@@H](C(=O)OC(C)(C)C)C(C)C)n1. The smallest absolute Gasteiger partial charge is 0.329 e. The van der Waals surface area contributed by atoms with Crippen LogP contribution in [0.1, 0.15) is 60.2 Å². The first-order chi connectivity index (χ1) is 9.60. The molecule has 0 aromatic carbocycles. The van der Waals surface area contributed by atoms with Gasteiger partial charge in [0.25, 0.3) is 0 Å². The van der Waals surface area contributed by atoms with Gasteiger partial charge in [-0.2, -0.15) is 0 Å². The highest BCUT2D eigenvalue weighted by atomic mass is 16.6. The molecular formula is C16H27N3O2. The number of nitrogens with zero attached hydrogens (tertiary/aromatic N) is 2. The van der Waals surface area contributed by atoms with E-state index in [2.05, 4.69) is 15.3 Å². The van der Waals surface area contributed by atoms with Crippen molar-refractivity contribution in [3.05, 3.63) is 18.1 Å². The van der Waals surface area contributed by atoms with E-state index in [1.165, 1.54) is 0 Å². The number of nitrogens with one attached hydrogen (secondary N) is 1. The first-order valence-electron chi connectivity index (χ1n) is 7.42. The third-order valence-electron chi connectivity index (χ3n) is 2.82. The predicted octanol–water partition coefficient (Wildman–Crippen LogP) is 3.38. The Kier molecular flexibility index (Phi) is 5.70. The molecule has 118 valence electrons. The van der Waals surface area contributed by atoms with E-state index < -0.39 is 11.6 Å². The number of ether oxygens (including phenoxy) is 1. The summed E-state index contributed by atoms with van der Waals surface area (Å²) in [5.41, 5.74) is -0.499. The van der Waals surface area contributed by atoms with Gasteiger partial charge in [-0.25, -0.2) is 14.8 Å². The highest BCUT2D eigenvalue weighted by molar-refractivity contribution is 5.79. The lowest BCUT2D eigenvalue weighted by molar-refractivity contribution is -0.156. The van der Waals surface area contributed by atoms with Crippen molar-refractivity contribution in [2.45, 2.75) is 66.0 Å². The van der Waals surface area contributed by atoms with Gasteiger partial charge in [0, 0.05) is 12.1 Å². The number of hydrogen-bond donors (Lipinski definition) is 1. The van der Waals surface area contributed by atoms with Crippen LogP contribution in [0.25, 0.3) is 0 Å². The van der Waals surface area contributed by atoms with Crippen LogP contribution in [0.4, 0.5) is 5.82 Å². The molecule has 0 bridgehead atoms. The molecule has 0 radical (unpaired) electrons. The normalized spacial score (nSPS) is 13.4. The number of anilines is 1. The third kappa shape index (κ3) is 5.69. The van der Waals surface area contributed by atoms with Crippen LogP contribution in [-0.2, 0) is 9.53 Å². The van der Waals surface area contributed by atoms with Crippen molar-refractivity contribution in [2.24, 2.45) is 5.92 Å². The summed E-state index contributed by atoms with van der Waals surface area (Å²) in [4.78, 5) is 21.0. The maximum Gasteiger partial charge on any atom is 0.329 e. The van der Waals surface area contributed by atoms with Crippen molar-refractivity contribution in [3.8, 4) is 0 Å². The zero-order valence-corrected chi connectivity index (χ0v) is 14.1. The van der Waals surface area contributed by atoms with E-state index in [0.717, 1.165) is 5.82 Å². The number of esters is 1. The lowest BCUT2D eigenvalue weighted by Gasteiger charge is -2.27. The largest absolute Gasteiger partial charge is 0.458 e. The molecule has 1 aromatic rings. The van der Waals surface area contributed by atoms with Crippen LogP contribution in [0.15, 0.2) is 12.3 Å². The maximum absolute atomic E-state index is 12.3. The van der Waals surface area contributed by atoms with Crippen LogP contribution in [-0.4, -0.2) is 27.6 Å². The van der Waals surface area contributed by atoms with Crippen molar-refractivity contribution in [3.63, 3.8) is 0 Å². The van der Waals surface area contributed by atoms with Gasteiger partial charge in [0.15, 0.2) is 0 Å². The van der Waals surface area contributed by atoms with Gasteiger partial charge in [0.05, 0.1) is 0 Å². The Morgan fingerprint density at radius 1 is 1.24 bits per heavy atom. The molecule has 0 spiro atoms. The van der Waals surface area contributed by atoms with Crippen molar-refractivity contribution in [1.29, 1.82) is 0 Å². The molecule has 1 heterocycles. The second-order valence-electron chi connectivity index (χ2n) is 6.85. The Morgan fingerprint density at radius 3 is 2.33 bits per heavy atom. The Morgan fingerprint density at radius 2 is 1.86 bits per heavy atom. The van der Waals surface area contributed by atoms with E-state index in [1.54, 1.807) is 12.3 Å². The highest BCUT2D eigenvalue weighted by Gasteiger charge is 2.28. The Hall–Kier alpha value is -1.65. The zero-order chi connectivity index (χ0) is 16.2. The topological polar surface area (TPSA) is 64.1 Å². The van der Waals surface area contributed by atoms with Crippen molar-refractivity contribution in [1.82, 2.24) is 9.97 Å². The molecule has 1 N–H and O–H groups in total. The van der Waals surface area contributed by atoms with Crippen LogP contribution in [0, 0.1) is 5.92 Å². The van der Waals surface area contributed by atoms with Crippen molar-refractivity contribution < 1.29 is 9.53 Å². The molecule has 1 aromatic heterocycles. The van der Waals surface area contributed by atoms with Gasteiger partial charge in [0.2, 0.25) is 0 Å². The van der Waals surface area contributed by atoms with Gasteiger partial charge in [-0.05, 0) is 32.8 Å². The van der Waals surface area contributed by atoms with E-state index in [-0.39, 0.29) is 17.8 Å². The quantitative estimate of drug-likeness (QED) is 0.843. The Bertz CT molecular complexity index is 479. The van der Waals surface area contributed by atoms with Crippen LogP contribution >= 0.6 is 0 Å².